The van der Waals surface area contributed by atoms with Gasteiger partial charge in [-0.2, -0.15) is 4.98 Å². The van der Waals surface area contributed by atoms with Gasteiger partial charge in [-0.1, -0.05) is 40.7 Å². The van der Waals surface area contributed by atoms with Crippen LogP contribution in [0, 0.1) is 0 Å². The first kappa shape index (κ1) is 21.9. The molecule has 0 N–H and O–H groups in total. The number of para-hydroxylation sites is 1. The normalized spacial score (nSPS) is 15.8. The van der Waals surface area contributed by atoms with E-state index in [1.165, 1.54) is 11.8 Å². The number of benzene rings is 2. The van der Waals surface area contributed by atoms with Gasteiger partial charge >= 0.3 is 0 Å². The average Bonchev–Trinajstić information content (AvgIpc) is 3.60. The van der Waals surface area contributed by atoms with E-state index >= 15 is 0 Å². The first-order chi connectivity index (χ1) is 16.2. The van der Waals surface area contributed by atoms with Gasteiger partial charge in [0.25, 0.3) is 0 Å². The Hall–Kier alpha value is -2.88. The van der Waals surface area contributed by atoms with Gasteiger partial charge in [0.1, 0.15) is 5.75 Å². The number of methoxy groups -OCH3 is 1. The Balaban J connectivity index is 1.37. The first-order valence-corrected chi connectivity index (χ1v) is 12.0. The van der Waals surface area contributed by atoms with E-state index in [9.17, 15) is 0 Å². The molecular formula is C23H22ClN5O3S. The summed E-state index contributed by atoms with van der Waals surface area (Å²) >= 11 is 7.57. The lowest BCUT2D eigenvalue weighted by molar-refractivity contribution is 0.0953. The van der Waals surface area contributed by atoms with Crippen LogP contribution in [0.5, 0.6) is 5.75 Å². The molecule has 1 aliphatic heterocycles. The number of nitrogens with zero attached hydrogens (tertiary/aromatic N) is 5. The molecule has 0 radical (unpaired) electrons. The molecule has 0 amide bonds. The predicted molar refractivity (Wildman–Crippen MR) is 125 cm³/mol. The molecule has 33 heavy (non-hydrogen) atoms. The van der Waals surface area contributed by atoms with E-state index in [4.69, 9.17) is 25.6 Å². The van der Waals surface area contributed by atoms with Crippen LogP contribution in [-0.2, 0) is 17.0 Å². The summed E-state index contributed by atoms with van der Waals surface area (Å²) in [5, 5.41) is 14.5. The summed E-state index contributed by atoms with van der Waals surface area (Å²) in [5.41, 5.74) is 1.74. The third kappa shape index (κ3) is 4.90. The summed E-state index contributed by atoms with van der Waals surface area (Å²) in [6, 6.07) is 15.2. The van der Waals surface area contributed by atoms with Crippen molar-refractivity contribution in [1.29, 1.82) is 0 Å². The highest BCUT2D eigenvalue weighted by atomic mass is 35.5. The van der Waals surface area contributed by atoms with Crippen molar-refractivity contribution in [3.63, 3.8) is 0 Å². The molecule has 10 heteroatoms. The molecule has 2 aromatic heterocycles. The van der Waals surface area contributed by atoms with Gasteiger partial charge < -0.3 is 14.0 Å². The number of thioether (sulfide) groups is 1. The molecule has 1 aliphatic rings. The second-order valence-electron chi connectivity index (χ2n) is 7.56. The van der Waals surface area contributed by atoms with Crippen LogP contribution in [0.3, 0.4) is 0 Å². The van der Waals surface area contributed by atoms with Crippen molar-refractivity contribution >= 4 is 23.4 Å². The van der Waals surface area contributed by atoms with Crippen LogP contribution in [0.25, 0.3) is 22.8 Å². The van der Waals surface area contributed by atoms with Crippen LogP contribution in [0.1, 0.15) is 18.7 Å². The van der Waals surface area contributed by atoms with Gasteiger partial charge in [0.2, 0.25) is 11.7 Å². The van der Waals surface area contributed by atoms with Gasteiger partial charge in [0, 0.05) is 17.2 Å². The zero-order valence-corrected chi connectivity index (χ0v) is 19.6. The van der Waals surface area contributed by atoms with Crippen molar-refractivity contribution in [3.8, 4) is 28.5 Å². The van der Waals surface area contributed by atoms with Gasteiger partial charge in [0.15, 0.2) is 11.0 Å². The quantitative estimate of drug-likeness (QED) is 0.319. The predicted octanol–water partition coefficient (Wildman–Crippen LogP) is 5.13. The fourth-order valence-corrected chi connectivity index (χ4v) is 4.65. The summed E-state index contributed by atoms with van der Waals surface area (Å²) in [7, 11) is 1.62. The molecule has 1 atom stereocenters. The SMILES string of the molecule is COc1ccccc1-c1noc(CSc2nnc(-c3ccc(Cl)cc3)n2CC2CCCO2)n1. The minimum absolute atomic E-state index is 0.145. The Morgan fingerprint density at radius 1 is 1.15 bits per heavy atom. The molecule has 0 spiro atoms. The third-order valence-corrected chi connectivity index (χ3v) is 6.57. The maximum atomic E-state index is 6.07. The Morgan fingerprint density at radius 3 is 2.79 bits per heavy atom. The van der Waals surface area contributed by atoms with Crippen molar-refractivity contribution in [3.05, 3.63) is 59.4 Å². The molecule has 2 aromatic carbocycles. The Bertz CT molecular complexity index is 1220. The fourth-order valence-electron chi connectivity index (χ4n) is 3.74. The zero-order valence-electron chi connectivity index (χ0n) is 18.0. The van der Waals surface area contributed by atoms with Crippen LogP contribution in [0.2, 0.25) is 5.02 Å². The van der Waals surface area contributed by atoms with Crippen LogP contribution >= 0.6 is 23.4 Å². The van der Waals surface area contributed by atoms with Gasteiger partial charge in [0.05, 0.1) is 31.1 Å². The van der Waals surface area contributed by atoms with Crippen molar-refractivity contribution < 1.29 is 14.0 Å². The second kappa shape index (κ2) is 9.94. The average molecular weight is 484 g/mol. The molecule has 1 saturated heterocycles. The molecule has 5 rings (SSSR count). The number of hydrogen-bond acceptors (Lipinski definition) is 8. The molecule has 0 aliphatic carbocycles. The fraction of sp³-hybridized carbons (Fsp3) is 0.304. The van der Waals surface area contributed by atoms with Crippen molar-refractivity contribution in [2.24, 2.45) is 0 Å². The number of aromatic nitrogens is 5. The summed E-state index contributed by atoms with van der Waals surface area (Å²) in [6.45, 7) is 1.48. The monoisotopic (exact) mass is 483 g/mol. The zero-order chi connectivity index (χ0) is 22.6. The standard InChI is InChI=1S/C23H22ClN5O3S/c1-30-19-7-3-2-6-18(19)21-25-20(32-28-21)14-33-23-27-26-22(15-8-10-16(24)11-9-15)29(23)13-17-5-4-12-31-17/h2-3,6-11,17H,4-5,12-14H2,1H3. The van der Waals surface area contributed by atoms with Gasteiger partial charge in [-0.3, -0.25) is 4.57 Å². The van der Waals surface area contributed by atoms with Crippen molar-refractivity contribution in [2.45, 2.75) is 36.4 Å². The highest BCUT2D eigenvalue weighted by Gasteiger charge is 2.22. The number of hydrogen-bond donors (Lipinski definition) is 0. The van der Waals surface area contributed by atoms with E-state index < -0.39 is 0 Å². The van der Waals surface area contributed by atoms with Crippen LogP contribution in [0.4, 0.5) is 0 Å². The minimum Gasteiger partial charge on any atom is -0.496 e. The van der Waals surface area contributed by atoms with E-state index in [0.29, 0.717) is 34.8 Å². The van der Waals surface area contributed by atoms with E-state index in [-0.39, 0.29) is 6.10 Å². The van der Waals surface area contributed by atoms with Crippen LogP contribution in [0.15, 0.2) is 58.2 Å². The highest BCUT2D eigenvalue weighted by molar-refractivity contribution is 7.98. The largest absolute Gasteiger partial charge is 0.496 e. The Labute approximate surface area is 200 Å². The van der Waals surface area contributed by atoms with E-state index in [1.54, 1.807) is 7.11 Å². The van der Waals surface area contributed by atoms with Crippen LogP contribution < -0.4 is 4.74 Å². The maximum Gasteiger partial charge on any atom is 0.237 e. The molecule has 0 saturated carbocycles. The Morgan fingerprint density at radius 2 is 2.00 bits per heavy atom. The molecule has 4 aromatic rings. The lowest BCUT2D eigenvalue weighted by atomic mass is 10.2. The first-order valence-electron chi connectivity index (χ1n) is 10.6. The smallest absolute Gasteiger partial charge is 0.237 e. The van der Waals surface area contributed by atoms with Crippen molar-refractivity contribution in [1.82, 2.24) is 24.9 Å². The van der Waals surface area contributed by atoms with Gasteiger partial charge in [-0.05, 0) is 49.2 Å². The molecule has 3 heterocycles. The summed E-state index contributed by atoms with van der Waals surface area (Å²) in [4.78, 5) is 4.54. The molecule has 8 nitrogen and oxygen atoms in total. The molecule has 1 unspecified atom stereocenters. The summed E-state index contributed by atoms with van der Waals surface area (Å²) in [6.07, 6.45) is 2.24. The maximum absolute atomic E-state index is 6.07. The highest BCUT2D eigenvalue weighted by Crippen LogP contribution is 2.31. The van der Waals surface area contributed by atoms with E-state index in [2.05, 4.69) is 24.9 Å². The minimum atomic E-state index is 0.145. The topological polar surface area (TPSA) is 88.1 Å². The van der Waals surface area contributed by atoms with E-state index in [1.807, 2.05) is 48.5 Å². The third-order valence-electron chi connectivity index (χ3n) is 5.37. The second-order valence-corrected chi connectivity index (χ2v) is 8.94. The molecule has 170 valence electrons. The molecule has 0 bridgehead atoms. The summed E-state index contributed by atoms with van der Waals surface area (Å²) in [5.74, 6) is 2.93. The van der Waals surface area contributed by atoms with Gasteiger partial charge in [-0.15, -0.1) is 10.2 Å². The Kier molecular flexibility index (Phi) is 6.61. The van der Waals surface area contributed by atoms with Gasteiger partial charge in [-0.25, -0.2) is 0 Å². The van der Waals surface area contributed by atoms with E-state index in [0.717, 1.165) is 41.6 Å². The number of ether oxygens (including phenoxy) is 2. The molecule has 1 fully saturated rings. The number of halogens is 1. The van der Waals surface area contributed by atoms with Crippen molar-refractivity contribution in [2.75, 3.05) is 13.7 Å². The lowest BCUT2D eigenvalue weighted by Gasteiger charge is -2.14. The van der Waals surface area contributed by atoms with Crippen LogP contribution in [-0.4, -0.2) is 44.7 Å². The summed E-state index contributed by atoms with van der Waals surface area (Å²) < 4.78 is 18.9. The molecular weight excluding hydrogens is 462 g/mol. The lowest BCUT2D eigenvalue weighted by Crippen LogP contribution is -2.16. The number of rotatable bonds is 8.